The van der Waals surface area contributed by atoms with Crippen molar-refractivity contribution in [1.29, 1.82) is 0 Å². The lowest BCUT2D eigenvalue weighted by molar-refractivity contribution is 0.144. The Bertz CT molecular complexity index is 785. The summed E-state index contributed by atoms with van der Waals surface area (Å²) in [6.07, 6.45) is 10.6. The highest BCUT2D eigenvalue weighted by atomic mass is 16.3. The molecule has 1 aliphatic carbocycles. The fraction of sp³-hybridized carbons (Fsp3) is 0.368. The minimum Gasteiger partial charge on any atom is -0.460 e. The van der Waals surface area contributed by atoms with Crippen molar-refractivity contribution in [2.45, 2.75) is 38.1 Å². The van der Waals surface area contributed by atoms with E-state index in [4.69, 9.17) is 4.42 Å². The number of nitrogens with one attached hydrogen (secondary N) is 1. The van der Waals surface area contributed by atoms with Crippen molar-refractivity contribution in [2.75, 3.05) is 0 Å². The molecule has 1 fully saturated rings. The van der Waals surface area contributed by atoms with Gasteiger partial charge in [0.05, 0.1) is 19.0 Å². The molecule has 0 amide bonds. The normalized spacial score (nSPS) is 23.2. The minimum atomic E-state index is -0.318. The molecule has 4 rings (SSSR count). The van der Waals surface area contributed by atoms with E-state index in [0.29, 0.717) is 12.5 Å². The summed E-state index contributed by atoms with van der Waals surface area (Å²) in [7, 11) is 0. The van der Waals surface area contributed by atoms with E-state index in [2.05, 4.69) is 19.9 Å². The zero-order valence-corrected chi connectivity index (χ0v) is 14.0. The second-order valence-electron chi connectivity index (χ2n) is 6.66. The molecule has 6 nitrogen and oxygen atoms in total. The lowest BCUT2D eigenvalue weighted by Gasteiger charge is -2.15. The molecular weight excluding hydrogens is 316 g/mol. The number of hydrogen-bond acceptors (Lipinski definition) is 5. The first-order valence-corrected chi connectivity index (χ1v) is 8.64. The fourth-order valence-corrected chi connectivity index (χ4v) is 3.55. The average molecular weight is 338 g/mol. The standard InChI is InChI=1S/C19H22N4O2/c24-18-9-14(12-23-7-6-21-13-23)8-17(18)22-11-16-3-4-19(25-16)15-2-1-5-20-10-15/h1-7,10,13-14,17-18,22,24H,8-9,11-12H2/t14?,17-,18-/m1/s1. The van der Waals surface area contributed by atoms with E-state index in [0.717, 1.165) is 36.5 Å². The Morgan fingerprint density at radius 1 is 1.20 bits per heavy atom. The summed E-state index contributed by atoms with van der Waals surface area (Å²) in [5.41, 5.74) is 0.968. The summed E-state index contributed by atoms with van der Waals surface area (Å²) < 4.78 is 7.96. The predicted octanol–water partition coefficient (Wildman–Crippen LogP) is 2.47. The third-order valence-corrected chi connectivity index (χ3v) is 4.80. The molecule has 0 spiro atoms. The SMILES string of the molecule is O[C@@H]1CC(Cn2ccnc2)C[C@H]1NCc1ccc(-c2cccnc2)o1. The van der Waals surface area contributed by atoms with Crippen LogP contribution >= 0.6 is 0 Å². The molecule has 130 valence electrons. The lowest BCUT2D eigenvalue weighted by atomic mass is 10.1. The molecule has 6 heteroatoms. The average Bonchev–Trinajstić information content (AvgIpc) is 3.36. The fourth-order valence-electron chi connectivity index (χ4n) is 3.55. The van der Waals surface area contributed by atoms with Gasteiger partial charge >= 0.3 is 0 Å². The molecular formula is C19H22N4O2. The van der Waals surface area contributed by atoms with E-state index in [-0.39, 0.29) is 12.1 Å². The van der Waals surface area contributed by atoms with Crippen LogP contribution in [0.15, 0.2) is 59.8 Å². The maximum atomic E-state index is 10.3. The van der Waals surface area contributed by atoms with Crippen molar-refractivity contribution in [2.24, 2.45) is 5.92 Å². The molecule has 0 aliphatic heterocycles. The molecule has 1 aliphatic rings. The van der Waals surface area contributed by atoms with Crippen molar-refractivity contribution in [3.8, 4) is 11.3 Å². The predicted molar refractivity (Wildman–Crippen MR) is 93.5 cm³/mol. The molecule has 3 aromatic rings. The first-order chi connectivity index (χ1) is 12.3. The van der Waals surface area contributed by atoms with Crippen molar-refractivity contribution in [1.82, 2.24) is 19.9 Å². The molecule has 0 aromatic carbocycles. The van der Waals surface area contributed by atoms with E-state index in [1.807, 2.05) is 36.8 Å². The van der Waals surface area contributed by atoms with Crippen molar-refractivity contribution >= 4 is 0 Å². The Labute approximate surface area is 146 Å². The first-order valence-electron chi connectivity index (χ1n) is 8.64. The largest absolute Gasteiger partial charge is 0.460 e. The van der Waals surface area contributed by atoms with E-state index < -0.39 is 0 Å². The minimum absolute atomic E-state index is 0.0977. The van der Waals surface area contributed by atoms with Gasteiger partial charge in [-0.05, 0) is 43.0 Å². The van der Waals surface area contributed by atoms with Crippen molar-refractivity contribution in [3.05, 3.63) is 61.1 Å². The molecule has 1 saturated carbocycles. The van der Waals surface area contributed by atoms with Crippen LogP contribution in [0, 0.1) is 5.92 Å². The number of aromatic nitrogens is 3. The second kappa shape index (κ2) is 7.21. The van der Waals surface area contributed by atoms with Crippen molar-refractivity contribution < 1.29 is 9.52 Å². The van der Waals surface area contributed by atoms with Crippen LogP contribution in [-0.2, 0) is 13.1 Å². The number of imidazole rings is 1. The first kappa shape index (κ1) is 16.1. The summed E-state index contributed by atoms with van der Waals surface area (Å²) in [4.78, 5) is 8.19. The van der Waals surface area contributed by atoms with Gasteiger partial charge in [-0.15, -0.1) is 0 Å². The van der Waals surface area contributed by atoms with Gasteiger partial charge in [0.1, 0.15) is 11.5 Å². The third-order valence-electron chi connectivity index (χ3n) is 4.80. The van der Waals surface area contributed by atoms with Crippen LogP contribution in [0.25, 0.3) is 11.3 Å². The Kier molecular flexibility index (Phi) is 4.63. The van der Waals surface area contributed by atoms with Gasteiger partial charge in [-0.2, -0.15) is 0 Å². The van der Waals surface area contributed by atoms with Gasteiger partial charge in [0.15, 0.2) is 0 Å². The van der Waals surface area contributed by atoms with Gasteiger partial charge in [-0.1, -0.05) is 0 Å². The number of aliphatic hydroxyl groups is 1. The number of furan rings is 1. The molecule has 1 unspecified atom stereocenters. The molecule has 0 radical (unpaired) electrons. The molecule has 0 bridgehead atoms. The van der Waals surface area contributed by atoms with Gasteiger partial charge in [-0.3, -0.25) is 4.98 Å². The van der Waals surface area contributed by atoms with Crippen LogP contribution in [0.5, 0.6) is 0 Å². The number of pyridine rings is 1. The van der Waals surface area contributed by atoms with E-state index in [1.165, 1.54) is 0 Å². The molecule has 3 heterocycles. The second-order valence-corrected chi connectivity index (χ2v) is 6.66. The number of aliphatic hydroxyl groups excluding tert-OH is 1. The Morgan fingerprint density at radius 2 is 2.16 bits per heavy atom. The van der Waals surface area contributed by atoms with Gasteiger partial charge in [0.2, 0.25) is 0 Å². The highest BCUT2D eigenvalue weighted by Gasteiger charge is 2.32. The Balaban J connectivity index is 1.32. The van der Waals surface area contributed by atoms with Gasteiger partial charge in [0.25, 0.3) is 0 Å². The van der Waals surface area contributed by atoms with Crippen LogP contribution < -0.4 is 5.32 Å². The molecule has 3 aromatic heterocycles. The van der Waals surface area contributed by atoms with E-state index >= 15 is 0 Å². The Morgan fingerprint density at radius 3 is 2.96 bits per heavy atom. The quantitative estimate of drug-likeness (QED) is 0.722. The monoisotopic (exact) mass is 338 g/mol. The maximum absolute atomic E-state index is 10.3. The maximum Gasteiger partial charge on any atom is 0.135 e. The van der Waals surface area contributed by atoms with Gasteiger partial charge in [0, 0.05) is 42.9 Å². The highest BCUT2D eigenvalue weighted by molar-refractivity contribution is 5.55. The smallest absolute Gasteiger partial charge is 0.135 e. The van der Waals surface area contributed by atoms with Crippen LogP contribution in [0.3, 0.4) is 0 Å². The van der Waals surface area contributed by atoms with Crippen LogP contribution in [-0.4, -0.2) is 31.8 Å². The summed E-state index contributed by atoms with van der Waals surface area (Å²) in [6.45, 7) is 1.51. The summed E-state index contributed by atoms with van der Waals surface area (Å²) in [5, 5.41) is 13.8. The van der Waals surface area contributed by atoms with Crippen LogP contribution in [0.1, 0.15) is 18.6 Å². The molecule has 2 N–H and O–H groups in total. The number of hydrogen-bond donors (Lipinski definition) is 2. The lowest BCUT2D eigenvalue weighted by Crippen LogP contribution is -2.35. The van der Waals surface area contributed by atoms with Gasteiger partial charge in [-0.25, -0.2) is 4.98 Å². The number of rotatable bonds is 6. The highest BCUT2D eigenvalue weighted by Crippen LogP contribution is 2.28. The summed E-state index contributed by atoms with van der Waals surface area (Å²) in [5.74, 6) is 2.14. The van der Waals surface area contributed by atoms with Gasteiger partial charge < -0.3 is 19.4 Å². The zero-order valence-electron chi connectivity index (χ0n) is 14.0. The molecule has 25 heavy (non-hydrogen) atoms. The van der Waals surface area contributed by atoms with E-state index in [1.54, 1.807) is 18.6 Å². The summed E-state index contributed by atoms with van der Waals surface area (Å²) in [6, 6.07) is 7.90. The molecule has 3 atom stereocenters. The van der Waals surface area contributed by atoms with Crippen LogP contribution in [0.2, 0.25) is 0 Å². The summed E-state index contributed by atoms with van der Waals surface area (Å²) >= 11 is 0. The van der Waals surface area contributed by atoms with E-state index in [9.17, 15) is 5.11 Å². The number of nitrogens with zero attached hydrogens (tertiary/aromatic N) is 3. The topological polar surface area (TPSA) is 76.1 Å². The molecule has 0 saturated heterocycles. The Hall–Kier alpha value is -2.44. The zero-order chi connectivity index (χ0) is 17.1. The van der Waals surface area contributed by atoms with Crippen molar-refractivity contribution in [3.63, 3.8) is 0 Å². The van der Waals surface area contributed by atoms with Crippen LogP contribution in [0.4, 0.5) is 0 Å². The third kappa shape index (κ3) is 3.81.